The monoisotopic (exact) mass is 165 g/mol. The molecule has 1 rings (SSSR count). The predicted molar refractivity (Wildman–Crippen MR) is 40.5 cm³/mol. The first kappa shape index (κ1) is 8.19. The number of benzene rings is 1. The maximum atomic E-state index is 10.5. The van der Waals surface area contributed by atoms with E-state index in [1.54, 1.807) is 0 Å². The minimum absolute atomic E-state index is 0.0178. The number of carbonyl (C=O) groups excluding carboxylic acids is 1. The number of nitrogens with zero attached hydrogens (tertiary/aromatic N) is 1. The standard InChI is InChI=1S/C7H5N2O3/c8-7(10)5-2-1-3-6(4-5)9(11)12/h1,3-4H,(H2,8,10). The Kier molecular flexibility index (Phi) is 2.05. The van der Waals surface area contributed by atoms with Crippen molar-refractivity contribution >= 4 is 11.6 Å². The molecule has 0 aliphatic heterocycles. The summed E-state index contributed by atoms with van der Waals surface area (Å²) >= 11 is 0. The molecule has 0 saturated carbocycles. The van der Waals surface area contributed by atoms with Crippen molar-refractivity contribution in [2.75, 3.05) is 0 Å². The molecule has 0 aromatic heterocycles. The molecule has 1 amide bonds. The fourth-order valence-corrected chi connectivity index (χ4v) is 0.710. The quantitative estimate of drug-likeness (QED) is 0.511. The summed E-state index contributed by atoms with van der Waals surface area (Å²) in [5.74, 6) is -0.723. The molecule has 0 spiro atoms. The first-order chi connectivity index (χ1) is 5.61. The van der Waals surface area contributed by atoms with E-state index in [-0.39, 0.29) is 11.3 Å². The lowest BCUT2D eigenvalue weighted by molar-refractivity contribution is -0.384. The Morgan fingerprint density at radius 2 is 2.33 bits per heavy atom. The first-order valence-corrected chi connectivity index (χ1v) is 3.07. The van der Waals surface area contributed by atoms with E-state index in [0.717, 1.165) is 6.07 Å². The third kappa shape index (κ3) is 1.57. The van der Waals surface area contributed by atoms with Crippen molar-refractivity contribution < 1.29 is 9.72 Å². The maximum Gasteiger partial charge on any atom is 0.270 e. The number of hydrogen-bond donors (Lipinski definition) is 1. The summed E-state index contributed by atoms with van der Waals surface area (Å²) in [4.78, 5) is 20.2. The molecular formula is C7H5N2O3. The highest BCUT2D eigenvalue weighted by Crippen LogP contribution is 2.11. The summed E-state index contributed by atoms with van der Waals surface area (Å²) in [6.07, 6.45) is 0. The predicted octanol–water partition coefficient (Wildman–Crippen LogP) is 0.494. The molecular weight excluding hydrogens is 160 g/mol. The van der Waals surface area contributed by atoms with E-state index in [1.807, 2.05) is 0 Å². The zero-order valence-corrected chi connectivity index (χ0v) is 5.98. The number of amides is 1. The van der Waals surface area contributed by atoms with Gasteiger partial charge in [-0.2, -0.15) is 0 Å². The lowest BCUT2D eigenvalue weighted by Gasteiger charge is -1.93. The average Bonchev–Trinajstić information content (AvgIpc) is 2.04. The number of non-ortho nitro benzene ring substituents is 1. The van der Waals surface area contributed by atoms with Crippen molar-refractivity contribution in [3.05, 3.63) is 39.9 Å². The summed E-state index contributed by atoms with van der Waals surface area (Å²) in [5, 5.41) is 10.2. The zero-order chi connectivity index (χ0) is 9.14. The second kappa shape index (κ2) is 3.00. The molecule has 0 unspecified atom stereocenters. The Bertz CT molecular complexity index is 306. The van der Waals surface area contributed by atoms with Crippen molar-refractivity contribution in [1.82, 2.24) is 0 Å². The van der Waals surface area contributed by atoms with Gasteiger partial charge in [-0.05, 0) is 12.1 Å². The molecule has 61 valence electrons. The fraction of sp³-hybridized carbons (Fsp3) is 0. The van der Waals surface area contributed by atoms with Gasteiger partial charge in [0.25, 0.3) is 5.69 Å². The number of nitrogens with two attached hydrogens (primary N) is 1. The van der Waals surface area contributed by atoms with Gasteiger partial charge in [0, 0.05) is 12.1 Å². The molecule has 0 heterocycles. The van der Waals surface area contributed by atoms with Crippen LogP contribution >= 0.6 is 0 Å². The van der Waals surface area contributed by atoms with Gasteiger partial charge in [0.2, 0.25) is 5.91 Å². The van der Waals surface area contributed by atoms with Crippen molar-refractivity contribution in [3.63, 3.8) is 0 Å². The molecule has 0 aliphatic rings. The molecule has 0 fully saturated rings. The van der Waals surface area contributed by atoms with Crippen LogP contribution in [-0.2, 0) is 0 Å². The van der Waals surface area contributed by atoms with Gasteiger partial charge in [0.1, 0.15) is 0 Å². The molecule has 0 saturated heterocycles. The van der Waals surface area contributed by atoms with Gasteiger partial charge in [-0.15, -0.1) is 0 Å². The second-order valence-electron chi connectivity index (χ2n) is 2.08. The third-order valence-electron chi connectivity index (χ3n) is 1.26. The van der Waals surface area contributed by atoms with E-state index in [0.29, 0.717) is 0 Å². The molecule has 12 heavy (non-hydrogen) atoms. The van der Waals surface area contributed by atoms with Crippen LogP contribution in [0.15, 0.2) is 18.2 Å². The van der Waals surface area contributed by atoms with Crippen LogP contribution in [0.2, 0.25) is 0 Å². The first-order valence-electron chi connectivity index (χ1n) is 3.07. The molecule has 5 heteroatoms. The topological polar surface area (TPSA) is 86.2 Å². The normalized spacial score (nSPS) is 9.33. The van der Waals surface area contributed by atoms with Gasteiger partial charge in [0.05, 0.1) is 10.5 Å². The Labute approximate surface area is 68.0 Å². The SMILES string of the molecule is NC(=O)c1[c]ccc([N+](=O)[O-])c1. The highest BCUT2D eigenvalue weighted by molar-refractivity contribution is 5.93. The van der Waals surface area contributed by atoms with Crippen LogP contribution in [-0.4, -0.2) is 10.8 Å². The molecule has 1 aromatic rings. The van der Waals surface area contributed by atoms with E-state index in [4.69, 9.17) is 5.73 Å². The molecule has 5 nitrogen and oxygen atoms in total. The number of nitro groups is 1. The molecule has 1 radical (unpaired) electrons. The van der Waals surface area contributed by atoms with Crippen LogP contribution in [0.3, 0.4) is 0 Å². The van der Waals surface area contributed by atoms with Gasteiger partial charge < -0.3 is 5.73 Å². The number of nitro benzene ring substituents is 1. The van der Waals surface area contributed by atoms with E-state index >= 15 is 0 Å². The van der Waals surface area contributed by atoms with Gasteiger partial charge in [-0.25, -0.2) is 0 Å². The molecule has 1 aromatic carbocycles. The molecule has 2 N–H and O–H groups in total. The average molecular weight is 165 g/mol. The Balaban J connectivity index is 3.12. The molecule has 0 atom stereocenters. The lowest BCUT2D eigenvalue weighted by atomic mass is 10.2. The Hall–Kier alpha value is -1.91. The highest BCUT2D eigenvalue weighted by Gasteiger charge is 2.08. The van der Waals surface area contributed by atoms with Gasteiger partial charge in [-0.1, -0.05) is 0 Å². The van der Waals surface area contributed by atoms with Crippen molar-refractivity contribution in [3.8, 4) is 0 Å². The van der Waals surface area contributed by atoms with E-state index in [9.17, 15) is 14.9 Å². The Morgan fingerprint density at radius 3 is 2.83 bits per heavy atom. The lowest BCUT2D eigenvalue weighted by Crippen LogP contribution is -2.11. The van der Waals surface area contributed by atoms with Crippen LogP contribution < -0.4 is 5.73 Å². The summed E-state index contributed by atoms with van der Waals surface area (Å²) in [7, 11) is 0. The minimum atomic E-state index is -0.723. The fourth-order valence-electron chi connectivity index (χ4n) is 0.710. The van der Waals surface area contributed by atoms with Crippen LogP contribution in [0.5, 0.6) is 0 Å². The van der Waals surface area contributed by atoms with Gasteiger partial charge in [0.15, 0.2) is 0 Å². The zero-order valence-electron chi connectivity index (χ0n) is 5.98. The van der Waals surface area contributed by atoms with Gasteiger partial charge >= 0.3 is 0 Å². The van der Waals surface area contributed by atoms with Crippen LogP contribution in [0, 0.1) is 16.2 Å². The third-order valence-corrected chi connectivity index (χ3v) is 1.26. The minimum Gasteiger partial charge on any atom is -0.366 e. The number of hydrogen-bond acceptors (Lipinski definition) is 3. The molecule has 0 bridgehead atoms. The van der Waals surface area contributed by atoms with Crippen molar-refractivity contribution in [2.24, 2.45) is 5.73 Å². The summed E-state index contributed by atoms with van der Waals surface area (Å²) in [6, 6.07) is 6.10. The largest absolute Gasteiger partial charge is 0.366 e. The second-order valence-corrected chi connectivity index (χ2v) is 2.08. The summed E-state index contributed by atoms with van der Waals surface area (Å²) in [5.41, 5.74) is 4.74. The van der Waals surface area contributed by atoms with E-state index < -0.39 is 10.8 Å². The molecule has 0 aliphatic carbocycles. The highest BCUT2D eigenvalue weighted by atomic mass is 16.6. The van der Waals surface area contributed by atoms with E-state index in [1.165, 1.54) is 12.1 Å². The van der Waals surface area contributed by atoms with Crippen LogP contribution in [0.1, 0.15) is 10.4 Å². The number of carbonyl (C=O) groups is 1. The van der Waals surface area contributed by atoms with E-state index in [2.05, 4.69) is 6.07 Å². The summed E-state index contributed by atoms with van der Waals surface area (Å²) in [6.45, 7) is 0. The summed E-state index contributed by atoms with van der Waals surface area (Å²) < 4.78 is 0. The Morgan fingerprint density at radius 1 is 1.67 bits per heavy atom. The van der Waals surface area contributed by atoms with Crippen LogP contribution in [0.4, 0.5) is 5.69 Å². The van der Waals surface area contributed by atoms with Gasteiger partial charge in [-0.3, -0.25) is 14.9 Å². The van der Waals surface area contributed by atoms with Crippen molar-refractivity contribution in [1.29, 1.82) is 0 Å². The number of primary amides is 1. The smallest absolute Gasteiger partial charge is 0.270 e. The van der Waals surface area contributed by atoms with Crippen molar-refractivity contribution in [2.45, 2.75) is 0 Å². The number of rotatable bonds is 2. The van der Waals surface area contributed by atoms with Crippen LogP contribution in [0.25, 0.3) is 0 Å². The maximum absolute atomic E-state index is 10.5.